The van der Waals surface area contributed by atoms with E-state index < -0.39 is 0 Å². The molecule has 0 saturated carbocycles. The van der Waals surface area contributed by atoms with Gasteiger partial charge < -0.3 is 14.2 Å². The molecule has 2 heterocycles. The van der Waals surface area contributed by atoms with Crippen LogP contribution in [0.1, 0.15) is 26.2 Å². The van der Waals surface area contributed by atoms with Crippen molar-refractivity contribution in [3.63, 3.8) is 0 Å². The van der Waals surface area contributed by atoms with Crippen molar-refractivity contribution >= 4 is 11.0 Å². The van der Waals surface area contributed by atoms with Crippen LogP contribution < -0.4 is 19.8 Å². The third-order valence-corrected chi connectivity index (χ3v) is 5.60. The second kappa shape index (κ2) is 9.77. The van der Waals surface area contributed by atoms with Gasteiger partial charge in [0.25, 0.3) is 5.56 Å². The summed E-state index contributed by atoms with van der Waals surface area (Å²) in [6.07, 6.45) is 4.53. The molecule has 0 aliphatic heterocycles. The summed E-state index contributed by atoms with van der Waals surface area (Å²) in [7, 11) is 4.69. The van der Waals surface area contributed by atoms with Crippen molar-refractivity contribution in [2.75, 3.05) is 21.3 Å². The van der Waals surface area contributed by atoms with E-state index in [1.165, 1.54) is 0 Å². The Morgan fingerprint density at radius 3 is 2.24 bits per heavy atom. The second-order valence-corrected chi connectivity index (χ2v) is 7.64. The molecule has 0 bridgehead atoms. The van der Waals surface area contributed by atoms with Crippen molar-refractivity contribution in [1.82, 2.24) is 19.3 Å². The lowest BCUT2D eigenvalue weighted by molar-refractivity contribution is 0.324. The highest BCUT2D eigenvalue weighted by molar-refractivity contribution is 5.78. The minimum absolute atomic E-state index is 0.123. The molecule has 4 rings (SSSR count). The highest BCUT2D eigenvalue weighted by atomic mass is 16.5. The molecule has 172 valence electrons. The number of methoxy groups -OCH3 is 3. The number of fused-ring (bicyclic) bond motifs is 1. The van der Waals surface area contributed by atoms with Crippen molar-refractivity contribution in [2.45, 2.75) is 32.7 Å². The number of aromatic nitrogens is 4. The zero-order valence-corrected chi connectivity index (χ0v) is 19.4. The zero-order chi connectivity index (χ0) is 23.4. The molecule has 0 fully saturated rings. The van der Waals surface area contributed by atoms with E-state index in [9.17, 15) is 4.79 Å². The molecule has 4 aromatic rings. The third kappa shape index (κ3) is 4.16. The number of hydrogen-bond donors (Lipinski definition) is 0. The summed E-state index contributed by atoms with van der Waals surface area (Å²) in [5, 5.41) is 4.94. The van der Waals surface area contributed by atoms with Crippen LogP contribution in [0.5, 0.6) is 17.2 Å². The molecule has 0 N–H and O–H groups in total. The Morgan fingerprint density at radius 2 is 1.64 bits per heavy atom. The lowest BCUT2D eigenvalue weighted by Crippen LogP contribution is -2.23. The molecule has 2 aromatic heterocycles. The van der Waals surface area contributed by atoms with Crippen molar-refractivity contribution in [1.29, 1.82) is 0 Å². The summed E-state index contributed by atoms with van der Waals surface area (Å²) < 4.78 is 19.9. The topological polar surface area (TPSA) is 80.4 Å². The van der Waals surface area contributed by atoms with Gasteiger partial charge in [-0.1, -0.05) is 38.0 Å². The number of hydrogen-bond acceptors (Lipinski definition) is 6. The monoisotopic (exact) mass is 448 g/mol. The molecule has 0 amide bonds. The van der Waals surface area contributed by atoms with E-state index in [1.54, 1.807) is 36.8 Å². The smallest absolute Gasteiger partial charge is 0.264 e. The first-order valence-corrected chi connectivity index (χ1v) is 11.0. The van der Waals surface area contributed by atoms with Gasteiger partial charge in [0, 0.05) is 12.1 Å². The standard InChI is InChI=1S/C25H28N4O4/c1-5-6-10-13-28-23(17-14-20(31-2)22(33-4)21(15-17)32-3)27-24-19(25(28)30)16-26-29(24)18-11-8-7-9-12-18/h7-9,11-12,14-16H,5-6,10,13H2,1-4H3. The summed E-state index contributed by atoms with van der Waals surface area (Å²) in [5.41, 5.74) is 1.91. The Bertz CT molecular complexity index is 1290. The van der Waals surface area contributed by atoms with Crippen LogP contribution in [0.15, 0.2) is 53.5 Å². The first kappa shape index (κ1) is 22.4. The molecule has 0 radical (unpaired) electrons. The fourth-order valence-electron chi connectivity index (χ4n) is 3.92. The Balaban J connectivity index is 1.99. The van der Waals surface area contributed by atoms with Crippen LogP contribution in [0.25, 0.3) is 28.1 Å². The maximum atomic E-state index is 13.6. The van der Waals surface area contributed by atoms with Crippen LogP contribution in [0.4, 0.5) is 0 Å². The van der Waals surface area contributed by atoms with Gasteiger partial charge in [0.2, 0.25) is 5.75 Å². The van der Waals surface area contributed by atoms with E-state index in [1.807, 2.05) is 42.5 Å². The molecular formula is C25H28N4O4. The number of benzene rings is 2. The maximum Gasteiger partial charge on any atom is 0.264 e. The first-order chi connectivity index (χ1) is 16.1. The second-order valence-electron chi connectivity index (χ2n) is 7.64. The molecule has 8 heteroatoms. The number of nitrogens with zero attached hydrogens (tertiary/aromatic N) is 4. The predicted octanol–water partition coefficient (Wildman–Crippen LogP) is 4.47. The molecule has 0 aliphatic carbocycles. The van der Waals surface area contributed by atoms with Crippen LogP contribution in [-0.4, -0.2) is 40.7 Å². The average molecular weight is 449 g/mol. The van der Waals surface area contributed by atoms with Crippen LogP contribution in [0, 0.1) is 0 Å². The van der Waals surface area contributed by atoms with Gasteiger partial charge in [-0.05, 0) is 30.7 Å². The number of unbranched alkanes of at least 4 members (excludes halogenated alkanes) is 2. The van der Waals surface area contributed by atoms with Gasteiger partial charge >= 0.3 is 0 Å². The van der Waals surface area contributed by atoms with E-state index in [-0.39, 0.29) is 5.56 Å². The quantitative estimate of drug-likeness (QED) is 0.352. The van der Waals surface area contributed by atoms with Crippen molar-refractivity contribution in [2.24, 2.45) is 0 Å². The molecule has 0 unspecified atom stereocenters. The average Bonchev–Trinajstić information content (AvgIpc) is 3.29. The molecule has 8 nitrogen and oxygen atoms in total. The Kier molecular flexibility index (Phi) is 6.63. The molecule has 0 aliphatic rings. The predicted molar refractivity (Wildman–Crippen MR) is 128 cm³/mol. The molecule has 0 saturated heterocycles. The first-order valence-electron chi connectivity index (χ1n) is 11.0. The maximum absolute atomic E-state index is 13.6. The molecule has 33 heavy (non-hydrogen) atoms. The lowest BCUT2D eigenvalue weighted by atomic mass is 10.1. The molecule has 0 atom stereocenters. The fraction of sp³-hybridized carbons (Fsp3) is 0.320. The summed E-state index contributed by atoms with van der Waals surface area (Å²) in [6.45, 7) is 2.69. The van der Waals surface area contributed by atoms with Crippen LogP contribution in [0.2, 0.25) is 0 Å². The summed E-state index contributed by atoms with van der Waals surface area (Å²) >= 11 is 0. The number of para-hydroxylation sites is 1. The minimum atomic E-state index is -0.123. The van der Waals surface area contributed by atoms with Crippen molar-refractivity contribution < 1.29 is 14.2 Å². The van der Waals surface area contributed by atoms with Crippen molar-refractivity contribution in [3.8, 4) is 34.3 Å². The lowest BCUT2D eigenvalue weighted by Gasteiger charge is -2.17. The summed E-state index contributed by atoms with van der Waals surface area (Å²) in [6, 6.07) is 13.3. The summed E-state index contributed by atoms with van der Waals surface area (Å²) in [4.78, 5) is 18.5. The molecule has 0 spiro atoms. The van der Waals surface area contributed by atoms with Gasteiger partial charge in [0.15, 0.2) is 17.1 Å². The highest BCUT2D eigenvalue weighted by Crippen LogP contribution is 2.41. The zero-order valence-electron chi connectivity index (χ0n) is 19.4. The fourth-order valence-corrected chi connectivity index (χ4v) is 3.92. The third-order valence-electron chi connectivity index (χ3n) is 5.60. The van der Waals surface area contributed by atoms with E-state index >= 15 is 0 Å². The van der Waals surface area contributed by atoms with Gasteiger partial charge in [0.1, 0.15) is 11.2 Å². The van der Waals surface area contributed by atoms with Gasteiger partial charge in [0.05, 0.1) is 33.2 Å². The van der Waals surface area contributed by atoms with Crippen LogP contribution in [-0.2, 0) is 6.54 Å². The Hall–Kier alpha value is -3.81. The van der Waals surface area contributed by atoms with Gasteiger partial charge in [-0.15, -0.1) is 0 Å². The van der Waals surface area contributed by atoms with E-state index in [4.69, 9.17) is 19.2 Å². The van der Waals surface area contributed by atoms with Crippen LogP contribution in [0.3, 0.4) is 0 Å². The molecule has 2 aromatic carbocycles. The van der Waals surface area contributed by atoms with E-state index in [0.29, 0.717) is 46.2 Å². The van der Waals surface area contributed by atoms with E-state index in [0.717, 1.165) is 24.9 Å². The van der Waals surface area contributed by atoms with Crippen LogP contribution >= 0.6 is 0 Å². The Morgan fingerprint density at radius 1 is 0.939 bits per heavy atom. The Labute approximate surface area is 192 Å². The van der Waals surface area contributed by atoms with Gasteiger partial charge in [-0.2, -0.15) is 5.10 Å². The molecular weight excluding hydrogens is 420 g/mol. The summed E-state index contributed by atoms with van der Waals surface area (Å²) in [5.74, 6) is 2.01. The minimum Gasteiger partial charge on any atom is -0.493 e. The van der Waals surface area contributed by atoms with Crippen molar-refractivity contribution in [3.05, 3.63) is 59.0 Å². The highest BCUT2D eigenvalue weighted by Gasteiger charge is 2.21. The van der Waals surface area contributed by atoms with Gasteiger partial charge in [-0.25, -0.2) is 9.67 Å². The largest absolute Gasteiger partial charge is 0.493 e. The SMILES string of the molecule is CCCCCn1c(-c2cc(OC)c(OC)c(OC)c2)nc2c(cnn2-c2ccccc2)c1=O. The van der Waals surface area contributed by atoms with Gasteiger partial charge in [-0.3, -0.25) is 9.36 Å². The van der Waals surface area contributed by atoms with E-state index in [2.05, 4.69) is 12.0 Å². The number of rotatable bonds is 9. The normalized spacial score (nSPS) is 11.0. The number of ether oxygens (including phenoxy) is 3.